The zero-order valence-corrected chi connectivity index (χ0v) is 12.2. The number of carbonyl (C=O) groups excluding carboxylic acids is 1. The Morgan fingerprint density at radius 1 is 1.36 bits per heavy atom. The van der Waals surface area contributed by atoms with Crippen LogP contribution in [-0.4, -0.2) is 45.9 Å². The number of H-pyrrole nitrogens is 1. The maximum absolute atomic E-state index is 12.1. The molecule has 7 nitrogen and oxygen atoms in total. The molecule has 1 fully saturated rings. The smallest absolute Gasteiger partial charge is 0.273 e. The predicted molar refractivity (Wildman–Crippen MR) is 82.8 cm³/mol. The second-order valence-electron chi connectivity index (χ2n) is 5.41. The Morgan fingerprint density at radius 3 is 2.86 bits per heavy atom. The summed E-state index contributed by atoms with van der Waals surface area (Å²) >= 11 is 0. The molecule has 3 heterocycles. The molecule has 2 aromatic rings. The molecule has 1 saturated heterocycles. The second-order valence-corrected chi connectivity index (χ2v) is 5.41. The summed E-state index contributed by atoms with van der Waals surface area (Å²) in [6, 6.07) is 5.26. The van der Waals surface area contributed by atoms with Crippen LogP contribution in [0, 0.1) is 5.92 Å². The first-order chi connectivity index (χ1) is 10.8. The third-order valence-electron chi connectivity index (χ3n) is 3.95. The number of piperidine rings is 1. The van der Waals surface area contributed by atoms with Crippen molar-refractivity contribution in [3.8, 4) is 0 Å². The lowest BCUT2D eigenvalue weighted by molar-refractivity contribution is 0.102. The summed E-state index contributed by atoms with van der Waals surface area (Å²) < 4.78 is 0. The molecule has 0 radical (unpaired) electrons. The van der Waals surface area contributed by atoms with Crippen molar-refractivity contribution >= 4 is 17.4 Å². The van der Waals surface area contributed by atoms with Crippen molar-refractivity contribution in [2.75, 3.05) is 29.9 Å². The van der Waals surface area contributed by atoms with Gasteiger partial charge in [0.2, 0.25) is 0 Å². The highest BCUT2D eigenvalue weighted by molar-refractivity contribution is 6.04. The number of nitrogens with zero attached hydrogens (tertiary/aromatic N) is 3. The van der Waals surface area contributed by atoms with E-state index in [4.69, 9.17) is 0 Å². The van der Waals surface area contributed by atoms with Crippen LogP contribution in [0.15, 0.2) is 30.6 Å². The summed E-state index contributed by atoms with van der Waals surface area (Å²) in [5.74, 6) is 0.895. The maximum atomic E-state index is 12.1. The zero-order chi connectivity index (χ0) is 15.4. The first-order valence-electron chi connectivity index (χ1n) is 7.39. The van der Waals surface area contributed by atoms with E-state index in [2.05, 4.69) is 25.4 Å². The van der Waals surface area contributed by atoms with E-state index in [9.17, 15) is 9.90 Å². The number of hydrogen-bond acceptors (Lipinski definition) is 5. The van der Waals surface area contributed by atoms with Gasteiger partial charge in [-0.15, -0.1) is 0 Å². The molecular formula is C15H19N5O2. The molecule has 0 unspecified atom stereocenters. The third kappa shape index (κ3) is 3.09. The SMILES string of the molecule is O=C(Nc1cccnc1N1CCC(CO)CC1)c1ccn[nH]1. The largest absolute Gasteiger partial charge is 0.396 e. The van der Waals surface area contributed by atoms with E-state index in [0.29, 0.717) is 17.3 Å². The number of hydrogen-bond donors (Lipinski definition) is 3. The summed E-state index contributed by atoms with van der Waals surface area (Å²) in [4.78, 5) is 18.7. The molecule has 1 amide bonds. The normalized spacial score (nSPS) is 15.8. The average Bonchev–Trinajstić information content (AvgIpc) is 3.10. The van der Waals surface area contributed by atoms with Gasteiger partial charge in [-0.1, -0.05) is 0 Å². The minimum atomic E-state index is -0.239. The van der Waals surface area contributed by atoms with Crippen molar-refractivity contribution in [2.24, 2.45) is 5.92 Å². The van der Waals surface area contributed by atoms with Gasteiger partial charge in [-0.05, 0) is 37.0 Å². The number of aliphatic hydroxyl groups is 1. The number of rotatable bonds is 4. The maximum Gasteiger partial charge on any atom is 0.273 e. The molecule has 0 atom stereocenters. The molecule has 2 aromatic heterocycles. The van der Waals surface area contributed by atoms with Crippen LogP contribution in [-0.2, 0) is 0 Å². The Balaban J connectivity index is 1.74. The molecule has 7 heteroatoms. The fourth-order valence-electron chi connectivity index (χ4n) is 2.65. The lowest BCUT2D eigenvalue weighted by Crippen LogP contribution is -2.35. The van der Waals surface area contributed by atoms with Gasteiger partial charge < -0.3 is 15.3 Å². The Morgan fingerprint density at radius 2 is 2.18 bits per heavy atom. The van der Waals surface area contributed by atoms with Crippen LogP contribution in [0.3, 0.4) is 0 Å². The standard InChI is InChI=1S/C15H19N5O2/c21-10-11-4-8-20(9-5-11)14-12(2-1-6-16-14)18-15(22)13-3-7-17-19-13/h1-3,6-7,11,21H,4-5,8-10H2,(H,17,19)(H,18,22). The lowest BCUT2D eigenvalue weighted by atomic mass is 9.98. The summed E-state index contributed by atoms with van der Waals surface area (Å²) in [5, 5.41) is 18.5. The Bertz CT molecular complexity index is 621. The van der Waals surface area contributed by atoms with Gasteiger partial charge in [0.25, 0.3) is 5.91 Å². The fourth-order valence-corrected chi connectivity index (χ4v) is 2.65. The third-order valence-corrected chi connectivity index (χ3v) is 3.95. The van der Waals surface area contributed by atoms with Gasteiger partial charge in [0, 0.05) is 32.1 Å². The van der Waals surface area contributed by atoms with Crippen LogP contribution in [0.25, 0.3) is 0 Å². The van der Waals surface area contributed by atoms with E-state index in [1.807, 2.05) is 6.07 Å². The number of nitrogens with one attached hydrogen (secondary N) is 2. The van der Waals surface area contributed by atoms with Crippen molar-refractivity contribution in [3.05, 3.63) is 36.3 Å². The molecule has 0 aromatic carbocycles. The van der Waals surface area contributed by atoms with Crippen molar-refractivity contribution in [3.63, 3.8) is 0 Å². The van der Waals surface area contributed by atoms with Gasteiger partial charge in [-0.3, -0.25) is 9.89 Å². The van der Waals surface area contributed by atoms with Crippen molar-refractivity contribution in [2.45, 2.75) is 12.8 Å². The highest BCUT2D eigenvalue weighted by Gasteiger charge is 2.22. The Hall–Kier alpha value is -2.41. The van der Waals surface area contributed by atoms with Gasteiger partial charge in [0.05, 0.1) is 5.69 Å². The molecule has 1 aliphatic heterocycles. The van der Waals surface area contributed by atoms with Crippen molar-refractivity contribution in [1.82, 2.24) is 15.2 Å². The van der Waals surface area contributed by atoms with Crippen LogP contribution in [0.2, 0.25) is 0 Å². The van der Waals surface area contributed by atoms with E-state index < -0.39 is 0 Å². The predicted octanol–water partition coefficient (Wildman–Crippen LogP) is 1.27. The van der Waals surface area contributed by atoms with Gasteiger partial charge in [-0.2, -0.15) is 5.10 Å². The summed E-state index contributed by atoms with van der Waals surface area (Å²) in [6.07, 6.45) is 5.13. The van der Waals surface area contributed by atoms with Crippen LogP contribution >= 0.6 is 0 Å². The first-order valence-corrected chi connectivity index (χ1v) is 7.39. The number of aliphatic hydroxyl groups excluding tert-OH is 1. The molecule has 0 spiro atoms. The van der Waals surface area contributed by atoms with Crippen molar-refractivity contribution in [1.29, 1.82) is 0 Å². The van der Waals surface area contributed by atoms with E-state index >= 15 is 0 Å². The highest BCUT2D eigenvalue weighted by Crippen LogP contribution is 2.27. The molecule has 116 valence electrons. The fraction of sp³-hybridized carbons (Fsp3) is 0.400. The molecular weight excluding hydrogens is 282 g/mol. The number of anilines is 2. The van der Waals surface area contributed by atoms with E-state index in [0.717, 1.165) is 31.7 Å². The van der Waals surface area contributed by atoms with Crippen molar-refractivity contribution < 1.29 is 9.90 Å². The number of carbonyl (C=O) groups is 1. The minimum absolute atomic E-state index is 0.236. The molecule has 0 saturated carbocycles. The van der Waals surface area contributed by atoms with Gasteiger partial charge in [0.15, 0.2) is 5.82 Å². The Labute approximate surface area is 128 Å². The topological polar surface area (TPSA) is 94.1 Å². The molecule has 3 rings (SSSR count). The number of aromatic amines is 1. The van der Waals surface area contributed by atoms with Gasteiger partial charge in [0.1, 0.15) is 5.69 Å². The first kappa shape index (κ1) is 14.5. The molecule has 0 bridgehead atoms. The number of aromatic nitrogens is 3. The molecule has 22 heavy (non-hydrogen) atoms. The monoisotopic (exact) mass is 301 g/mol. The molecule has 3 N–H and O–H groups in total. The zero-order valence-electron chi connectivity index (χ0n) is 12.2. The van der Waals surface area contributed by atoms with Crippen LogP contribution in [0.4, 0.5) is 11.5 Å². The Kier molecular flexibility index (Phi) is 4.34. The van der Waals surface area contributed by atoms with Gasteiger partial charge >= 0.3 is 0 Å². The van der Waals surface area contributed by atoms with Gasteiger partial charge in [-0.25, -0.2) is 4.98 Å². The summed E-state index contributed by atoms with van der Waals surface area (Å²) in [6.45, 7) is 1.89. The lowest BCUT2D eigenvalue weighted by Gasteiger charge is -2.33. The van der Waals surface area contributed by atoms with Crippen LogP contribution < -0.4 is 10.2 Å². The quantitative estimate of drug-likeness (QED) is 0.790. The number of amides is 1. The highest BCUT2D eigenvalue weighted by atomic mass is 16.3. The van der Waals surface area contributed by atoms with E-state index in [1.54, 1.807) is 24.5 Å². The van der Waals surface area contributed by atoms with E-state index in [-0.39, 0.29) is 12.5 Å². The molecule has 0 aliphatic carbocycles. The number of pyridine rings is 1. The second kappa shape index (κ2) is 6.57. The van der Waals surface area contributed by atoms with Crippen LogP contribution in [0.5, 0.6) is 0 Å². The summed E-state index contributed by atoms with van der Waals surface area (Å²) in [7, 11) is 0. The average molecular weight is 301 g/mol. The minimum Gasteiger partial charge on any atom is -0.396 e. The molecule has 1 aliphatic rings. The summed E-state index contributed by atoms with van der Waals surface area (Å²) in [5.41, 5.74) is 1.10. The van der Waals surface area contributed by atoms with Crippen LogP contribution in [0.1, 0.15) is 23.3 Å². The van der Waals surface area contributed by atoms with E-state index in [1.165, 1.54) is 0 Å².